The van der Waals surface area contributed by atoms with Crippen molar-refractivity contribution in [3.05, 3.63) is 29.3 Å². The summed E-state index contributed by atoms with van der Waals surface area (Å²) in [5.74, 6) is 0.128. The van der Waals surface area contributed by atoms with Gasteiger partial charge in [-0.15, -0.1) is 11.8 Å². The molecule has 0 saturated heterocycles. The summed E-state index contributed by atoms with van der Waals surface area (Å²) < 4.78 is 0. The first kappa shape index (κ1) is 11.3. The van der Waals surface area contributed by atoms with E-state index < -0.39 is 0 Å². The van der Waals surface area contributed by atoms with Crippen molar-refractivity contribution in [2.75, 3.05) is 12.8 Å². The molecular formula is C11H15NOS. The Morgan fingerprint density at radius 2 is 2.21 bits per heavy atom. The molecule has 76 valence electrons. The molecule has 0 fully saturated rings. The van der Waals surface area contributed by atoms with E-state index in [1.165, 1.54) is 4.90 Å². The Morgan fingerprint density at radius 1 is 1.50 bits per heavy atom. The number of aryl methyl sites for hydroxylation is 1. The van der Waals surface area contributed by atoms with Crippen LogP contribution in [0.5, 0.6) is 0 Å². The monoisotopic (exact) mass is 209 g/mol. The number of ketones is 1. The molecule has 0 heterocycles. The summed E-state index contributed by atoms with van der Waals surface area (Å²) in [6.07, 6.45) is 2.46. The van der Waals surface area contributed by atoms with Crippen LogP contribution in [0.15, 0.2) is 23.1 Å². The van der Waals surface area contributed by atoms with Gasteiger partial charge in [0.1, 0.15) is 0 Å². The normalized spacial score (nSPS) is 10.2. The van der Waals surface area contributed by atoms with Crippen LogP contribution in [-0.4, -0.2) is 18.6 Å². The largest absolute Gasteiger partial charge is 0.330 e. The maximum Gasteiger partial charge on any atom is 0.164 e. The second-order valence-corrected chi connectivity index (χ2v) is 3.99. The van der Waals surface area contributed by atoms with Gasteiger partial charge in [0, 0.05) is 16.9 Å². The van der Waals surface area contributed by atoms with Crippen molar-refractivity contribution < 1.29 is 4.79 Å². The van der Waals surface area contributed by atoms with Gasteiger partial charge in [0.25, 0.3) is 0 Å². The predicted octanol–water partition coefficient (Wildman–Crippen LogP) is 2.25. The molecule has 0 amide bonds. The molecule has 0 aliphatic rings. The van der Waals surface area contributed by atoms with E-state index in [-0.39, 0.29) is 5.78 Å². The van der Waals surface area contributed by atoms with Crippen LogP contribution in [0.25, 0.3) is 0 Å². The Kier molecular flexibility index (Phi) is 4.17. The van der Waals surface area contributed by atoms with Crippen molar-refractivity contribution in [2.24, 2.45) is 5.73 Å². The van der Waals surface area contributed by atoms with Crippen molar-refractivity contribution in [3.63, 3.8) is 0 Å². The summed E-state index contributed by atoms with van der Waals surface area (Å²) in [5, 5.41) is 0. The average molecular weight is 209 g/mol. The van der Waals surface area contributed by atoms with Crippen LogP contribution in [-0.2, 0) is 0 Å². The fourth-order valence-electron chi connectivity index (χ4n) is 1.33. The van der Waals surface area contributed by atoms with Gasteiger partial charge in [0.05, 0.1) is 0 Å². The third kappa shape index (κ3) is 2.59. The molecule has 3 heteroatoms. The number of nitrogens with two attached hydrogens (primary N) is 1. The molecule has 2 N–H and O–H groups in total. The zero-order valence-corrected chi connectivity index (χ0v) is 9.36. The van der Waals surface area contributed by atoms with E-state index in [2.05, 4.69) is 0 Å². The number of Topliss-reactive ketones (excluding diaryl/α,β-unsaturated/α-hetero) is 1. The van der Waals surface area contributed by atoms with Crippen LogP contribution in [0.1, 0.15) is 22.3 Å². The highest BCUT2D eigenvalue weighted by molar-refractivity contribution is 7.98. The summed E-state index contributed by atoms with van der Waals surface area (Å²) in [5.41, 5.74) is 7.26. The third-order valence-corrected chi connectivity index (χ3v) is 2.99. The van der Waals surface area contributed by atoms with E-state index in [1.54, 1.807) is 11.8 Å². The first-order chi connectivity index (χ1) is 6.69. The molecule has 0 bridgehead atoms. The van der Waals surface area contributed by atoms with E-state index in [1.807, 2.05) is 31.4 Å². The van der Waals surface area contributed by atoms with Crippen molar-refractivity contribution >= 4 is 17.5 Å². The van der Waals surface area contributed by atoms with Crippen molar-refractivity contribution in [3.8, 4) is 0 Å². The number of thioether (sulfide) groups is 1. The van der Waals surface area contributed by atoms with Crippen molar-refractivity contribution in [1.82, 2.24) is 0 Å². The molecule has 0 spiro atoms. The predicted molar refractivity (Wildman–Crippen MR) is 61.0 cm³/mol. The maximum atomic E-state index is 11.5. The molecule has 0 saturated carbocycles. The van der Waals surface area contributed by atoms with Crippen molar-refractivity contribution in [1.29, 1.82) is 0 Å². The fraction of sp³-hybridized carbons (Fsp3) is 0.364. The second kappa shape index (κ2) is 5.17. The molecule has 1 aromatic rings. The summed E-state index contributed by atoms with van der Waals surface area (Å²) in [6.45, 7) is 2.44. The summed E-state index contributed by atoms with van der Waals surface area (Å²) in [7, 11) is 0. The quantitative estimate of drug-likeness (QED) is 0.611. The minimum atomic E-state index is 0.128. The Hall–Kier alpha value is -0.800. The highest BCUT2D eigenvalue weighted by Gasteiger charge is 2.06. The van der Waals surface area contributed by atoms with Gasteiger partial charge in [-0.1, -0.05) is 6.07 Å². The maximum absolute atomic E-state index is 11.5. The number of hydrogen-bond acceptors (Lipinski definition) is 3. The van der Waals surface area contributed by atoms with E-state index in [4.69, 9.17) is 5.73 Å². The summed E-state index contributed by atoms with van der Waals surface area (Å²) in [4.78, 5) is 12.7. The molecule has 0 aliphatic carbocycles. The molecule has 0 aromatic heterocycles. The van der Waals surface area contributed by atoms with Crippen molar-refractivity contribution in [2.45, 2.75) is 18.2 Å². The second-order valence-electron chi connectivity index (χ2n) is 3.15. The molecule has 14 heavy (non-hydrogen) atoms. The number of carbonyl (C=O) groups is 1. The summed E-state index contributed by atoms with van der Waals surface area (Å²) in [6, 6.07) is 5.80. The molecule has 2 nitrogen and oxygen atoms in total. The zero-order valence-electron chi connectivity index (χ0n) is 8.54. The smallest absolute Gasteiger partial charge is 0.164 e. The first-order valence-electron chi connectivity index (χ1n) is 4.57. The van der Waals surface area contributed by atoms with Gasteiger partial charge < -0.3 is 5.73 Å². The minimum absolute atomic E-state index is 0.128. The van der Waals surface area contributed by atoms with Crippen LogP contribution in [0.3, 0.4) is 0 Å². The van der Waals surface area contributed by atoms with Crippen LogP contribution in [0, 0.1) is 6.92 Å². The van der Waals surface area contributed by atoms with Gasteiger partial charge >= 0.3 is 0 Å². The Morgan fingerprint density at radius 3 is 2.71 bits per heavy atom. The first-order valence-corrected chi connectivity index (χ1v) is 5.79. The highest BCUT2D eigenvalue weighted by Crippen LogP contribution is 2.21. The topological polar surface area (TPSA) is 43.1 Å². The number of benzene rings is 1. The number of carbonyl (C=O) groups excluding carboxylic acids is 1. The zero-order chi connectivity index (χ0) is 10.6. The van der Waals surface area contributed by atoms with E-state index >= 15 is 0 Å². The minimum Gasteiger partial charge on any atom is -0.330 e. The highest BCUT2D eigenvalue weighted by atomic mass is 32.2. The lowest BCUT2D eigenvalue weighted by Crippen LogP contribution is -2.08. The standard InChI is InChI=1S/C11H15NOS/c1-8-7-9(10(13)5-6-12)3-4-11(8)14-2/h3-4,7H,5-6,12H2,1-2H3. The molecule has 1 rings (SSSR count). The molecule has 0 unspecified atom stereocenters. The molecule has 0 radical (unpaired) electrons. The molecule has 0 atom stereocenters. The third-order valence-electron chi connectivity index (χ3n) is 2.09. The van der Waals surface area contributed by atoms with Crippen LogP contribution < -0.4 is 5.73 Å². The van der Waals surface area contributed by atoms with Gasteiger partial charge in [-0.3, -0.25) is 4.79 Å². The average Bonchev–Trinajstić information content (AvgIpc) is 2.18. The van der Waals surface area contributed by atoms with Crippen LogP contribution in [0.2, 0.25) is 0 Å². The van der Waals surface area contributed by atoms with Gasteiger partial charge in [-0.05, 0) is 37.4 Å². The van der Waals surface area contributed by atoms with Gasteiger partial charge in [-0.25, -0.2) is 0 Å². The lowest BCUT2D eigenvalue weighted by molar-refractivity contribution is 0.0985. The lowest BCUT2D eigenvalue weighted by atomic mass is 10.1. The number of hydrogen-bond donors (Lipinski definition) is 1. The van der Waals surface area contributed by atoms with Gasteiger partial charge in [-0.2, -0.15) is 0 Å². The molecule has 1 aromatic carbocycles. The summed E-state index contributed by atoms with van der Waals surface area (Å²) >= 11 is 1.69. The van der Waals surface area contributed by atoms with E-state index in [9.17, 15) is 4.79 Å². The molecule has 0 aliphatic heterocycles. The lowest BCUT2D eigenvalue weighted by Gasteiger charge is -2.04. The Bertz CT molecular complexity index is 336. The van der Waals surface area contributed by atoms with Gasteiger partial charge in [0.2, 0.25) is 0 Å². The number of rotatable bonds is 4. The Balaban J connectivity index is 2.91. The van der Waals surface area contributed by atoms with E-state index in [0.717, 1.165) is 11.1 Å². The Labute approximate surface area is 88.9 Å². The molecular weight excluding hydrogens is 194 g/mol. The SMILES string of the molecule is CSc1ccc(C(=O)CCN)cc1C. The fourth-order valence-corrected chi connectivity index (χ4v) is 1.91. The van der Waals surface area contributed by atoms with Gasteiger partial charge in [0.15, 0.2) is 5.78 Å². The van der Waals surface area contributed by atoms with E-state index in [0.29, 0.717) is 13.0 Å². The van der Waals surface area contributed by atoms with Crippen LogP contribution in [0.4, 0.5) is 0 Å². The van der Waals surface area contributed by atoms with Crippen LogP contribution >= 0.6 is 11.8 Å².